The molecule has 6 nitrogen and oxygen atoms in total. The van der Waals surface area contributed by atoms with Crippen LogP contribution in [0.5, 0.6) is 5.75 Å². The average molecular weight is 458 g/mol. The first-order chi connectivity index (χ1) is 14.9. The summed E-state index contributed by atoms with van der Waals surface area (Å²) in [6, 6.07) is 17.4. The molecule has 0 saturated carbocycles. The Morgan fingerprint density at radius 1 is 1.03 bits per heavy atom. The van der Waals surface area contributed by atoms with E-state index < -0.39 is 5.91 Å². The van der Waals surface area contributed by atoms with Crippen molar-refractivity contribution in [3.8, 4) is 5.75 Å². The molecule has 1 atom stereocenters. The molecule has 1 heterocycles. The van der Waals surface area contributed by atoms with Gasteiger partial charge in [-0.3, -0.25) is 14.6 Å². The zero-order valence-electron chi connectivity index (χ0n) is 16.8. The summed E-state index contributed by atoms with van der Waals surface area (Å²) in [7, 11) is 0. The fourth-order valence-corrected chi connectivity index (χ4v) is 3.09. The lowest BCUT2D eigenvalue weighted by Crippen LogP contribution is -2.38. The van der Waals surface area contributed by atoms with Gasteiger partial charge in [-0.1, -0.05) is 41.4 Å². The Morgan fingerprint density at radius 2 is 1.87 bits per heavy atom. The van der Waals surface area contributed by atoms with Gasteiger partial charge in [-0.15, -0.1) is 0 Å². The fourth-order valence-electron chi connectivity index (χ4n) is 2.79. The second-order valence-electron chi connectivity index (χ2n) is 6.78. The van der Waals surface area contributed by atoms with Crippen LogP contribution in [-0.2, 0) is 11.4 Å². The summed E-state index contributed by atoms with van der Waals surface area (Å²) in [5, 5.41) is 6.06. The lowest BCUT2D eigenvalue weighted by Gasteiger charge is -2.16. The van der Waals surface area contributed by atoms with E-state index in [1.807, 2.05) is 49.4 Å². The number of nitrogens with one attached hydrogen (secondary N) is 2. The van der Waals surface area contributed by atoms with Crippen molar-refractivity contribution in [2.45, 2.75) is 19.6 Å². The highest BCUT2D eigenvalue weighted by atomic mass is 35.5. The third-order valence-electron chi connectivity index (χ3n) is 4.44. The zero-order chi connectivity index (χ0) is 22.2. The number of amides is 2. The van der Waals surface area contributed by atoms with Gasteiger partial charge >= 0.3 is 0 Å². The molecule has 3 aromatic rings. The molecule has 160 valence electrons. The predicted octanol–water partition coefficient (Wildman–Crippen LogP) is 4.57. The largest absolute Gasteiger partial charge is 0.487 e. The molecule has 0 aliphatic carbocycles. The number of hydrogen-bond donors (Lipinski definition) is 2. The first-order valence-electron chi connectivity index (χ1n) is 9.57. The highest BCUT2D eigenvalue weighted by Crippen LogP contribution is 2.22. The maximum atomic E-state index is 12.3. The van der Waals surface area contributed by atoms with E-state index in [4.69, 9.17) is 27.9 Å². The summed E-state index contributed by atoms with van der Waals surface area (Å²) in [6.07, 6.45) is 1.72. The number of hydrogen-bond acceptors (Lipinski definition) is 4. The minimum atomic E-state index is -0.411. The summed E-state index contributed by atoms with van der Waals surface area (Å²) in [5.74, 6) is -0.0517. The standard InChI is InChI=1S/C23H21Cl2N3O3/c1-15(16-5-4-7-19(11-16)31-14-18-6-2-3-10-26-18)28-22(29)13-27-23(30)17-8-9-20(24)21(25)12-17/h2-12,15H,13-14H2,1H3,(H,27,30)(H,28,29). The number of aromatic nitrogens is 1. The number of benzene rings is 2. The molecule has 0 radical (unpaired) electrons. The van der Waals surface area contributed by atoms with Crippen LogP contribution in [0.25, 0.3) is 0 Å². The quantitative estimate of drug-likeness (QED) is 0.518. The number of nitrogens with zero attached hydrogens (tertiary/aromatic N) is 1. The van der Waals surface area contributed by atoms with Crippen molar-refractivity contribution in [3.63, 3.8) is 0 Å². The Bertz CT molecular complexity index is 1060. The van der Waals surface area contributed by atoms with E-state index in [2.05, 4.69) is 15.6 Å². The highest BCUT2D eigenvalue weighted by molar-refractivity contribution is 6.42. The van der Waals surface area contributed by atoms with Gasteiger partial charge in [0.1, 0.15) is 12.4 Å². The summed E-state index contributed by atoms with van der Waals surface area (Å²) >= 11 is 11.8. The smallest absolute Gasteiger partial charge is 0.251 e. The molecule has 8 heteroatoms. The molecule has 2 amide bonds. The van der Waals surface area contributed by atoms with Crippen LogP contribution < -0.4 is 15.4 Å². The number of rotatable bonds is 8. The molecule has 0 bridgehead atoms. The lowest BCUT2D eigenvalue weighted by molar-refractivity contribution is -0.120. The van der Waals surface area contributed by atoms with Crippen molar-refractivity contribution in [3.05, 3.63) is 93.7 Å². The Hall–Kier alpha value is -3.09. The maximum Gasteiger partial charge on any atom is 0.251 e. The van der Waals surface area contributed by atoms with Crippen molar-refractivity contribution >= 4 is 35.0 Å². The fraction of sp³-hybridized carbons (Fsp3) is 0.174. The zero-order valence-corrected chi connectivity index (χ0v) is 18.3. The van der Waals surface area contributed by atoms with E-state index in [1.165, 1.54) is 12.1 Å². The minimum absolute atomic E-state index is 0.167. The Balaban J connectivity index is 1.51. The molecule has 3 rings (SSSR count). The number of carbonyl (C=O) groups is 2. The van der Waals surface area contributed by atoms with E-state index in [1.54, 1.807) is 12.3 Å². The number of halogens is 2. The molecule has 31 heavy (non-hydrogen) atoms. The molecule has 0 spiro atoms. The van der Waals surface area contributed by atoms with Gasteiger partial charge in [0.05, 0.1) is 28.3 Å². The Labute approximate surface area is 190 Å². The monoisotopic (exact) mass is 457 g/mol. The molecule has 1 unspecified atom stereocenters. The van der Waals surface area contributed by atoms with Crippen LogP contribution in [0.15, 0.2) is 66.9 Å². The van der Waals surface area contributed by atoms with Gasteiger partial charge in [-0.2, -0.15) is 0 Å². The van der Waals surface area contributed by atoms with Crippen LogP contribution in [0.2, 0.25) is 10.0 Å². The van der Waals surface area contributed by atoms with E-state index in [-0.39, 0.29) is 23.5 Å². The van der Waals surface area contributed by atoms with Gasteiger partial charge in [-0.25, -0.2) is 0 Å². The molecular weight excluding hydrogens is 437 g/mol. The molecule has 2 N–H and O–H groups in total. The molecular formula is C23H21Cl2N3O3. The third kappa shape index (κ3) is 6.70. The maximum absolute atomic E-state index is 12.3. The Morgan fingerprint density at radius 3 is 2.61 bits per heavy atom. The number of carbonyl (C=O) groups excluding carboxylic acids is 2. The van der Waals surface area contributed by atoms with Crippen molar-refractivity contribution in [1.82, 2.24) is 15.6 Å². The minimum Gasteiger partial charge on any atom is -0.487 e. The summed E-state index contributed by atoms with van der Waals surface area (Å²) in [4.78, 5) is 28.7. The number of ether oxygens (including phenoxy) is 1. The van der Waals surface area contributed by atoms with Gasteiger partial charge in [0.15, 0.2) is 0 Å². The van der Waals surface area contributed by atoms with Crippen LogP contribution >= 0.6 is 23.2 Å². The molecule has 0 aliphatic heterocycles. The first kappa shape index (κ1) is 22.6. The normalized spacial score (nSPS) is 11.5. The van der Waals surface area contributed by atoms with Crippen molar-refractivity contribution in [1.29, 1.82) is 0 Å². The predicted molar refractivity (Wildman–Crippen MR) is 120 cm³/mol. The second-order valence-corrected chi connectivity index (χ2v) is 7.60. The van der Waals surface area contributed by atoms with Gasteiger partial charge in [0.2, 0.25) is 5.91 Å². The van der Waals surface area contributed by atoms with E-state index in [0.29, 0.717) is 22.9 Å². The number of pyridine rings is 1. The van der Waals surface area contributed by atoms with Crippen LogP contribution in [0.4, 0.5) is 0 Å². The van der Waals surface area contributed by atoms with E-state index >= 15 is 0 Å². The third-order valence-corrected chi connectivity index (χ3v) is 5.18. The molecule has 0 aliphatic rings. The van der Waals surface area contributed by atoms with Crippen molar-refractivity contribution < 1.29 is 14.3 Å². The molecule has 0 saturated heterocycles. The van der Waals surface area contributed by atoms with Crippen molar-refractivity contribution in [2.24, 2.45) is 0 Å². The van der Waals surface area contributed by atoms with E-state index in [9.17, 15) is 9.59 Å². The second kappa shape index (κ2) is 10.8. The van der Waals surface area contributed by atoms with Gasteiger partial charge in [-0.05, 0) is 55.0 Å². The van der Waals surface area contributed by atoms with Crippen LogP contribution in [-0.4, -0.2) is 23.3 Å². The average Bonchev–Trinajstić information content (AvgIpc) is 2.78. The van der Waals surface area contributed by atoms with Gasteiger partial charge < -0.3 is 15.4 Å². The van der Waals surface area contributed by atoms with Crippen molar-refractivity contribution in [2.75, 3.05) is 6.54 Å². The summed E-state index contributed by atoms with van der Waals surface area (Å²) in [6.45, 7) is 2.04. The SMILES string of the molecule is CC(NC(=O)CNC(=O)c1ccc(Cl)c(Cl)c1)c1cccc(OCc2ccccn2)c1. The summed E-state index contributed by atoms with van der Waals surface area (Å²) in [5.41, 5.74) is 2.03. The van der Waals surface area contributed by atoms with Crippen LogP contribution in [0.1, 0.15) is 34.6 Å². The first-order valence-corrected chi connectivity index (χ1v) is 10.3. The van der Waals surface area contributed by atoms with Crippen LogP contribution in [0, 0.1) is 0 Å². The van der Waals surface area contributed by atoms with E-state index in [0.717, 1.165) is 11.3 Å². The molecule has 1 aromatic heterocycles. The lowest BCUT2D eigenvalue weighted by atomic mass is 10.1. The highest BCUT2D eigenvalue weighted by Gasteiger charge is 2.13. The summed E-state index contributed by atoms with van der Waals surface area (Å²) < 4.78 is 5.78. The van der Waals surface area contributed by atoms with Gasteiger partial charge in [0.25, 0.3) is 5.91 Å². The molecule has 0 fully saturated rings. The topological polar surface area (TPSA) is 80.3 Å². The molecule has 2 aromatic carbocycles. The van der Waals surface area contributed by atoms with Gasteiger partial charge in [0, 0.05) is 11.8 Å². The Kier molecular flexibility index (Phi) is 7.87. The van der Waals surface area contributed by atoms with Crippen LogP contribution in [0.3, 0.4) is 0 Å².